The van der Waals surface area contributed by atoms with Gasteiger partial charge in [0, 0.05) is 56.1 Å². The minimum Gasteiger partial charge on any atom is -0.472 e. The smallest absolute Gasteiger partial charge is 0.254 e. The molecule has 0 unspecified atom stereocenters. The molecule has 2 aliphatic rings. The van der Waals surface area contributed by atoms with Gasteiger partial charge in [-0.1, -0.05) is 12.1 Å². The Morgan fingerprint density at radius 1 is 1.18 bits per heavy atom. The van der Waals surface area contributed by atoms with Gasteiger partial charge in [0.2, 0.25) is 5.88 Å². The number of piperazine rings is 1. The number of carbonyl (C=O) groups is 1. The molecule has 2 aliphatic heterocycles. The monoisotopic (exact) mass is 381 g/mol. The van der Waals surface area contributed by atoms with Crippen LogP contribution in [0.3, 0.4) is 0 Å². The molecule has 1 amide bonds. The maximum atomic E-state index is 13.0. The maximum absolute atomic E-state index is 13.0. The third kappa shape index (κ3) is 3.97. The summed E-state index contributed by atoms with van der Waals surface area (Å²) in [5.41, 5.74) is 4.51. The SMILES string of the molecule is Cc1cccc(N2CCN(C(=O)c3ccnc(O[C@H]4CCOC4)c3)CC2)c1C. The molecule has 2 aromatic rings. The molecule has 0 N–H and O–H groups in total. The maximum Gasteiger partial charge on any atom is 0.254 e. The second-order valence-electron chi connectivity index (χ2n) is 7.48. The summed E-state index contributed by atoms with van der Waals surface area (Å²) >= 11 is 0. The summed E-state index contributed by atoms with van der Waals surface area (Å²) in [6, 6.07) is 9.91. The van der Waals surface area contributed by atoms with Crippen molar-refractivity contribution in [2.24, 2.45) is 0 Å². The van der Waals surface area contributed by atoms with Gasteiger partial charge in [0.05, 0.1) is 13.2 Å². The fraction of sp³-hybridized carbons (Fsp3) is 0.455. The fourth-order valence-electron chi connectivity index (χ4n) is 3.79. The normalized spacial score (nSPS) is 19.7. The Kier molecular flexibility index (Phi) is 5.48. The average molecular weight is 381 g/mol. The van der Waals surface area contributed by atoms with Crippen molar-refractivity contribution in [1.29, 1.82) is 0 Å². The Morgan fingerprint density at radius 3 is 2.75 bits per heavy atom. The number of amides is 1. The van der Waals surface area contributed by atoms with Crippen LogP contribution in [0.25, 0.3) is 0 Å². The predicted molar refractivity (Wildman–Crippen MR) is 108 cm³/mol. The zero-order valence-electron chi connectivity index (χ0n) is 16.6. The van der Waals surface area contributed by atoms with Crippen molar-refractivity contribution >= 4 is 11.6 Å². The van der Waals surface area contributed by atoms with Gasteiger partial charge in [0.25, 0.3) is 5.91 Å². The van der Waals surface area contributed by atoms with Gasteiger partial charge in [-0.05, 0) is 37.1 Å². The van der Waals surface area contributed by atoms with Crippen LogP contribution in [0.1, 0.15) is 27.9 Å². The van der Waals surface area contributed by atoms with Crippen molar-refractivity contribution in [3.05, 3.63) is 53.2 Å². The van der Waals surface area contributed by atoms with E-state index in [1.807, 2.05) is 4.90 Å². The van der Waals surface area contributed by atoms with E-state index in [9.17, 15) is 4.79 Å². The number of hydrogen-bond acceptors (Lipinski definition) is 5. The fourth-order valence-corrected chi connectivity index (χ4v) is 3.79. The van der Waals surface area contributed by atoms with E-state index in [1.54, 1.807) is 18.3 Å². The molecule has 6 nitrogen and oxygen atoms in total. The van der Waals surface area contributed by atoms with E-state index in [1.165, 1.54) is 16.8 Å². The van der Waals surface area contributed by atoms with Crippen LogP contribution in [0.4, 0.5) is 5.69 Å². The van der Waals surface area contributed by atoms with Gasteiger partial charge in [-0.3, -0.25) is 4.79 Å². The van der Waals surface area contributed by atoms with Crippen LogP contribution < -0.4 is 9.64 Å². The van der Waals surface area contributed by atoms with E-state index < -0.39 is 0 Å². The predicted octanol–water partition coefficient (Wildman–Crippen LogP) is 2.83. The molecule has 2 fully saturated rings. The molecule has 0 radical (unpaired) electrons. The van der Waals surface area contributed by atoms with E-state index in [0.717, 1.165) is 19.5 Å². The first-order valence-electron chi connectivity index (χ1n) is 9.93. The minimum absolute atomic E-state index is 0.0268. The molecule has 0 spiro atoms. The van der Waals surface area contributed by atoms with E-state index >= 15 is 0 Å². The summed E-state index contributed by atoms with van der Waals surface area (Å²) < 4.78 is 11.2. The highest BCUT2D eigenvalue weighted by Gasteiger charge is 2.24. The molecule has 148 valence electrons. The Labute approximate surface area is 166 Å². The molecule has 2 saturated heterocycles. The molecule has 6 heteroatoms. The van der Waals surface area contributed by atoms with Crippen molar-refractivity contribution < 1.29 is 14.3 Å². The lowest BCUT2D eigenvalue weighted by atomic mass is 10.1. The zero-order chi connectivity index (χ0) is 19.5. The number of nitrogens with zero attached hydrogens (tertiary/aromatic N) is 3. The van der Waals surface area contributed by atoms with Crippen molar-refractivity contribution in [1.82, 2.24) is 9.88 Å². The van der Waals surface area contributed by atoms with Crippen LogP contribution in [0.2, 0.25) is 0 Å². The standard InChI is InChI=1S/C22H27N3O3/c1-16-4-3-5-20(17(16)2)24-9-11-25(12-10-24)22(26)18-6-8-23-21(14-18)28-19-7-13-27-15-19/h3-6,8,14,19H,7,9-13,15H2,1-2H3/t19-/m0/s1. The van der Waals surface area contributed by atoms with Crippen LogP contribution in [0.15, 0.2) is 36.5 Å². The minimum atomic E-state index is 0.0268. The third-order valence-corrected chi connectivity index (χ3v) is 5.64. The molecule has 0 saturated carbocycles. The molecule has 3 heterocycles. The van der Waals surface area contributed by atoms with Crippen LogP contribution in [-0.2, 0) is 4.74 Å². The third-order valence-electron chi connectivity index (χ3n) is 5.64. The number of anilines is 1. The first kappa shape index (κ1) is 18.7. The lowest BCUT2D eigenvalue weighted by Gasteiger charge is -2.37. The summed E-state index contributed by atoms with van der Waals surface area (Å²) in [7, 11) is 0. The van der Waals surface area contributed by atoms with E-state index in [4.69, 9.17) is 9.47 Å². The Morgan fingerprint density at radius 2 is 2.00 bits per heavy atom. The highest BCUT2D eigenvalue weighted by molar-refractivity contribution is 5.94. The zero-order valence-corrected chi connectivity index (χ0v) is 16.6. The largest absolute Gasteiger partial charge is 0.472 e. The van der Waals surface area contributed by atoms with Crippen LogP contribution in [0, 0.1) is 13.8 Å². The number of benzene rings is 1. The average Bonchev–Trinajstić information content (AvgIpc) is 3.23. The second-order valence-corrected chi connectivity index (χ2v) is 7.48. The number of aryl methyl sites for hydroxylation is 1. The first-order chi connectivity index (χ1) is 13.6. The summed E-state index contributed by atoms with van der Waals surface area (Å²) in [6.45, 7) is 8.69. The molecule has 1 atom stereocenters. The van der Waals surface area contributed by atoms with Crippen LogP contribution in [-0.4, -0.2) is 61.3 Å². The lowest BCUT2D eigenvalue weighted by Crippen LogP contribution is -2.49. The topological polar surface area (TPSA) is 54.9 Å². The molecule has 28 heavy (non-hydrogen) atoms. The van der Waals surface area contributed by atoms with E-state index in [-0.39, 0.29) is 12.0 Å². The van der Waals surface area contributed by atoms with Gasteiger partial charge >= 0.3 is 0 Å². The van der Waals surface area contributed by atoms with Gasteiger partial charge in [-0.25, -0.2) is 4.98 Å². The van der Waals surface area contributed by atoms with Crippen LogP contribution in [0.5, 0.6) is 5.88 Å². The summed E-state index contributed by atoms with van der Waals surface area (Å²) in [5.74, 6) is 0.533. The Balaban J connectivity index is 1.39. The lowest BCUT2D eigenvalue weighted by molar-refractivity contribution is 0.0745. The van der Waals surface area contributed by atoms with Gasteiger partial charge in [0.15, 0.2) is 0 Å². The summed E-state index contributed by atoms with van der Waals surface area (Å²) in [5, 5.41) is 0. The van der Waals surface area contributed by atoms with E-state index in [2.05, 4.69) is 41.9 Å². The molecule has 0 aliphatic carbocycles. The number of carbonyl (C=O) groups excluding carboxylic acids is 1. The number of pyridine rings is 1. The van der Waals surface area contributed by atoms with Crippen molar-refractivity contribution in [3.63, 3.8) is 0 Å². The number of hydrogen-bond donors (Lipinski definition) is 0. The Bertz CT molecular complexity index is 841. The molecule has 1 aromatic heterocycles. The van der Waals surface area contributed by atoms with Crippen molar-refractivity contribution in [2.75, 3.05) is 44.3 Å². The highest BCUT2D eigenvalue weighted by Crippen LogP contribution is 2.24. The van der Waals surface area contributed by atoms with Gasteiger partial charge in [-0.15, -0.1) is 0 Å². The van der Waals surface area contributed by atoms with Crippen molar-refractivity contribution in [2.45, 2.75) is 26.4 Å². The number of aromatic nitrogens is 1. The van der Waals surface area contributed by atoms with Crippen LogP contribution >= 0.6 is 0 Å². The van der Waals surface area contributed by atoms with Gasteiger partial charge in [0.1, 0.15) is 6.10 Å². The summed E-state index contributed by atoms with van der Waals surface area (Å²) in [6.07, 6.45) is 2.53. The Hall–Kier alpha value is -2.60. The molecular weight excluding hydrogens is 354 g/mol. The van der Waals surface area contributed by atoms with Gasteiger partial charge in [-0.2, -0.15) is 0 Å². The second kappa shape index (κ2) is 8.19. The summed E-state index contributed by atoms with van der Waals surface area (Å²) in [4.78, 5) is 21.5. The first-order valence-corrected chi connectivity index (χ1v) is 9.93. The quantitative estimate of drug-likeness (QED) is 0.815. The molecule has 0 bridgehead atoms. The molecular formula is C22H27N3O3. The number of ether oxygens (including phenoxy) is 2. The molecule has 1 aromatic carbocycles. The van der Waals surface area contributed by atoms with E-state index in [0.29, 0.717) is 37.7 Å². The highest BCUT2D eigenvalue weighted by atomic mass is 16.5. The number of rotatable bonds is 4. The van der Waals surface area contributed by atoms with Crippen molar-refractivity contribution in [3.8, 4) is 5.88 Å². The van der Waals surface area contributed by atoms with Gasteiger partial charge < -0.3 is 19.3 Å². The molecule has 4 rings (SSSR count).